The average Bonchev–Trinajstić information content (AvgIpc) is 2.63. The highest BCUT2D eigenvalue weighted by Crippen LogP contribution is 2.26. The Bertz CT molecular complexity index is 474. The lowest BCUT2D eigenvalue weighted by Crippen LogP contribution is -2.15. The lowest BCUT2D eigenvalue weighted by molar-refractivity contribution is 0.462. The van der Waals surface area contributed by atoms with Gasteiger partial charge in [0.05, 0.1) is 6.04 Å². The maximum absolute atomic E-state index is 5.87. The maximum atomic E-state index is 5.87. The molecule has 1 aromatic carbocycles. The van der Waals surface area contributed by atoms with Gasteiger partial charge in [-0.15, -0.1) is 12.4 Å². The van der Waals surface area contributed by atoms with Crippen LogP contribution in [0.15, 0.2) is 27.1 Å². The molecule has 88 valence electrons. The first-order valence-electron chi connectivity index (χ1n) is 4.73. The van der Waals surface area contributed by atoms with Crippen LogP contribution in [-0.4, -0.2) is 11.5 Å². The van der Waals surface area contributed by atoms with Gasteiger partial charge in [0.1, 0.15) is 5.52 Å². The van der Waals surface area contributed by atoms with Crippen molar-refractivity contribution >= 4 is 39.4 Å². The third-order valence-corrected chi connectivity index (χ3v) is 2.82. The van der Waals surface area contributed by atoms with E-state index in [0.29, 0.717) is 18.9 Å². The van der Waals surface area contributed by atoms with E-state index < -0.39 is 0 Å². The van der Waals surface area contributed by atoms with Crippen molar-refractivity contribution in [1.82, 2.24) is 4.98 Å². The molecule has 4 nitrogen and oxygen atoms in total. The predicted octanol–water partition coefficient (Wildman–Crippen LogP) is 2.36. The minimum Gasteiger partial charge on any atom is -0.439 e. The SMILES string of the molecule is Cl.NCCC(N)c1nc2c(Br)cccc2o1. The van der Waals surface area contributed by atoms with Crippen molar-refractivity contribution in [2.45, 2.75) is 12.5 Å². The van der Waals surface area contributed by atoms with Crippen LogP contribution in [0.1, 0.15) is 18.4 Å². The van der Waals surface area contributed by atoms with E-state index in [1.807, 2.05) is 18.2 Å². The van der Waals surface area contributed by atoms with Gasteiger partial charge < -0.3 is 15.9 Å². The zero-order valence-corrected chi connectivity index (χ0v) is 10.9. The standard InChI is InChI=1S/C10H12BrN3O.ClH/c11-6-2-1-3-8-9(6)14-10(15-8)7(13)4-5-12;/h1-3,7H,4-5,12-13H2;1H. The van der Waals surface area contributed by atoms with Gasteiger partial charge in [-0.25, -0.2) is 4.98 Å². The van der Waals surface area contributed by atoms with Crippen LogP contribution in [-0.2, 0) is 0 Å². The molecule has 6 heteroatoms. The maximum Gasteiger partial charge on any atom is 0.212 e. The van der Waals surface area contributed by atoms with Gasteiger partial charge in [-0.2, -0.15) is 0 Å². The molecule has 16 heavy (non-hydrogen) atoms. The molecular weight excluding hydrogens is 293 g/mol. The van der Waals surface area contributed by atoms with Gasteiger partial charge in [-0.05, 0) is 41.0 Å². The first-order valence-corrected chi connectivity index (χ1v) is 5.52. The number of rotatable bonds is 3. The normalized spacial score (nSPS) is 12.4. The average molecular weight is 307 g/mol. The zero-order chi connectivity index (χ0) is 10.8. The molecule has 2 aromatic rings. The molecule has 2 rings (SSSR count). The summed E-state index contributed by atoms with van der Waals surface area (Å²) >= 11 is 3.41. The Morgan fingerprint density at radius 3 is 2.81 bits per heavy atom. The number of nitrogens with two attached hydrogens (primary N) is 2. The number of hydrogen-bond donors (Lipinski definition) is 2. The van der Waals surface area contributed by atoms with Crippen molar-refractivity contribution in [3.05, 3.63) is 28.6 Å². The first-order chi connectivity index (χ1) is 7.22. The van der Waals surface area contributed by atoms with E-state index in [1.54, 1.807) is 0 Å². The van der Waals surface area contributed by atoms with Crippen molar-refractivity contribution in [3.8, 4) is 0 Å². The number of aromatic nitrogens is 1. The van der Waals surface area contributed by atoms with E-state index in [2.05, 4.69) is 20.9 Å². The number of nitrogens with zero attached hydrogens (tertiary/aromatic N) is 1. The number of hydrogen-bond acceptors (Lipinski definition) is 4. The summed E-state index contributed by atoms with van der Waals surface area (Å²) in [6.45, 7) is 0.529. The van der Waals surface area contributed by atoms with Gasteiger partial charge >= 0.3 is 0 Å². The predicted molar refractivity (Wildman–Crippen MR) is 69.6 cm³/mol. The lowest BCUT2D eigenvalue weighted by Gasteiger charge is -2.03. The summed E-state index contributed by atoms with van der Waals surface area (Å²) in [6.07, 6.45) is 0.671. The minimum atomic E-state index is -0.228. The molecule has 0 saturated carbocycles. The Kier molecular flexibility index (Phi) is 4.73. The van der Waals surface area contributed by atoms with Crippen molar-refractivity contribution in [1.29, 1.82) is 0 Å². The highest BCUT2D eigenvalue weighted by Gasteiger charge is 2.14. The van der Waals surface area contributed by atoms with Gasteiger partial charge in [-0.3, -0.25) is 0 Å². The molecule has 1 heterocycles. The summed E-state index contributed by atoms with van der Waals surface area (Å²) in [5.74, 6) is 0.544. The Labute approximate surface area is 108 Å². The molecule has 0 aliphatic heterocycles. The topological polar surface area (TPSA) is 78.1 Å². The summed E-state index contributed by atoms with van der Waals surface area (Å²) in [6, 6.07) is 5.46. The Morgan fingerprint density at radius 2 is 2.19 bits per heavy atom. The second kappa shape index (κ2) is 5.63. The largest absolute Gasteiger partial charge is 0.439 e. The van der Waals surface area contributed by atoms with Crippen LogP contribution in [0.25, 0.3) is 11.1 Å². The quantitative estimate of drug-likeness (QED) is 0.912. The molecule has 0 saturated heterocycles. The van der Waals surface area contributed by atoms with Crippen molar-refractivity contribution < 1.29 is 4.42 Å². The molecular formula is C10H13BrClN3O. The van der Waals surface area contributed by atoms with Crippen LogP contribution in [0.4, 0.5) is 0 Å². The molecule has 0 aliphatic rings. The Hall–Kier alpha value is -0.620. The summed E-state index contributed by atoms with van der Waals surface area (Å²) < 4.78 is 6.45. The van der Waals surface area contributed by atoms with Gasteiger partial charge in [0.2, 0.25) is 5.89 Å². The summed E-state index contributed by atoms with van der Waals surface area (Å²) in [5, 5.41) is 0. The van der Waals surface area contributed by atoms with Crippen LogP contribution in [0.5, 0.6) is 0 Å². The van der Waals surface area contributed by atoms with Crippen LogP contribution in [0.3, 0.4) is 0 Å². The van der Waals surface area contributed by atoms with Crippen LogP contribution in [0.2, 0.25) is 0 Å². The van der Waals surface area contributed by atoms with E-state index in [4.69, 9.17) is 15.9 Å². The molecule has 0 bridgehead atoms. The van der Waals surface area contributed by atoms with E-state index in [9.17, 15) is 0 Å². The molecule has 0 radical (unpaired) electrons. The smallest absolute Gasteiger partial charge is 0.212 e. The van der Waals surface area contributed by atoms with Gasteiger partial charge in [0.25, 0.3) is 0 Å². The lowest BCUT2D eigenvalue weighted by atomic mass is 10.2. The van der Waals surface area contributed by atoms with Crippen LogP contribution in [0, 0.1) is 0 Å². The summed E-state index contributed by atoms with van der Waals surface area (Å²) in [4.78, 5) is 4.34. The molecule has 0 amide bonds. The molecule has 1 aromatic heterocycles. The van der Waals surface area contributed by atoms with Gasteiger partial charge in [0, 0.05) is 4.47 Å². The zero-order valence-electron chi connectivity index (χ0n) is 8.52. The van der Waals surface area contributed by atoms with E-state index in [-0.39, 0.29) is 18.4 Å². The van der Waals surface area contributed by atoms with E-state index >= 15 is 0 Å². The summed E-state index contributed by atoms with van der Waals surface area (Å²) in [5.41, 5.74) is 12.8. The highest BCUT2D eigenvalue weighted by molar-refractivity contribution is 9.10. The monoisotopic (exact) mass is 305 g/mol. The van der Waals surface area contributed by atoms with Crippen molar-refractivity contribution in [2.24, 2.45) is 11.5 Å². The highest BCUT2D eigenvalue weighted by atomic mass is 79.9. The molecule has 4 N–H and O–H groups in total. The van der Waals surface area contributed by atoms with Crippen molar-refractivity contribution in [2.75, 3.05) is 6.54 Å². The number of benzene rings is 1. The molecule has 1 unspecified atom stereocenters. The number of fused-ring (bicyclic) bond motifs is 1. The minimum absolute atomic E-state index is 0. The van der Waals surface area contributed by atoms with E-state index in [0.717, 1.165) is 15.6 Å². The fraction of sp³-hybridized carbons (Fsp3) is 0.300. The molecule has 0 spiro atoms. The Morgan fingerprint density at radius 1 is 1.44 bits per heavy atom. The number of para-hydroxylation sites is 1. The molecule has 0 aliphatic carbocycles. The van der Waals surface area contributed by atoms with E-state index in [1.165, 1.54) is 0 Å². The fourth-order valence-corrected chi connectivity index (χ4v) is 1.83. The second-order valence-corrected chi connectivity index (χ2v) is 4.18. The second-order valence-electron chi connectivity index (χ2n) is 3.32. The molecule has 1 atom stereocenters. The number of oxazole rings is 1. The Balaban J connectivity index is 0.00000128. The fourth-order valence-electron chi connectivity index (χ4n) is 1.39. The van der Waals surface area contributed by atoms with Crippen molar-refractivity contribution in [3.63, 3.8) is 0 Å². The van der Waals surface area contributed by atoms with Gasteiger partial charge in [-0.1, -0.05) is 6.07 Å². The van der Waals surface area contributed by atoms with Crippen LogP contribution < -0.4 is 11.5 Å². The van der Waals surface area contributed by atoms with Gasteiger partial charge in [0.15, 0.2) is 5.58 Å². The number of halogens is 2. The third-order valence-electron chi connectivity index (χ3n) is 2.18. The third kappa shape index (κ3) is 2.55. The summed E-state index contributed by atoms with van der Waals surface area (Å²) in [7, 11) is 0. The first kappa shape index (κ1) is 13.4. The van der Waals surface area contributed by atoms with Crippen LogP contribution >= 0.6 is 28.3 Å². The molecule has 0 fully saturated rings.